The van der Waals surface area contributed by atoms with Crippen LogP contribution in [0.1, 0.15) is 11.4 Å². The molecule has 22 heavy (non-hydrogen) atoms. The van der Waals surface area contributed by atoms with Gasteiger partial charge >= 0.3 is 5.82 Å². The SMILES string of the molecule is Cc1ncc([N+](=O)[O-])n1CCOCc1cccc([N+](=O)[O-])c1. The average molecular weight is 306 g/mol. The molecular formula is C13H14N4O5. The highest BCUT2D eigenvalue weighted by Crippen LogP contribution is 2.15. The molecule has 0 amide bonds. The first-order valence-corrected chi connectivity index (χ1v) is 6.46. The van der Waals surface area contributed by atoms with Crippen molar-refractivity contribution in [1.29, 1.82) is 0 Å². The lowest BCUT2D eigenvalue weighted by Gasteiger charge is -2.05. The van der Waals surface area contributed by atoms with Crippen molar-refractivity contribution < 1.29 is 14.6 Å². The van der Waals surface area contributed by atoms with Crippen LogP contribution >= 0.6 is 0 Å². The van der Waals surface area contributed by atoms with Crippen molar-refractivity contribution in [2.24, 2.45) is 0 Å². The highest BCUT2D eigenvalue weighted by Gasteiger charge is 2.16. The van der Waals surface area contributed by atoms with Crippen LogP contribution in [0.4, 0.5) is 11.5 Å². The summed E-state index contributed by atoms with van der Waals surface area (Å²) in [5, 5.41) is 21.5. The summed E-state index contributed by atoms with van der Waals surface area (Å²) in [5.41, 5.74) is 0.674. The molecule has 2 aromatic rings. The number of benzene rings is 1. The highest BCUT2D eigenvalue weighted by molar-refractivity contribution is 5.33. The molecule has 0 saturated heterocycles. The molecule has 0 aliphatic rings. The molecule has 0 radical (unpaired) electrons. The number of nitro benzene ring substituents is 1. The minimum atomic E-state index is -0.499. The summed E-state index contributed by atoms with van der Waals surface area (Å²) in [7, 11) is 0. The van der Waals surface area contributed by atoms with Gasteiger partial charge in [-0.25, -0.2) is 9.55 Å². The van der Waals surface area contributed by atoms with E-state index in [1.165, 1.54) is 22.9 Å². The summed E-state index contributed by atoms with van der Waals surface area (Å²) in [6.45, 7) is 2.40. The number of hydrogen-bond acceptors (Lipinski definition) is 6. The molecule has 0 bridgehead atoms. The first-order chi connectivity index (χ1) is 10.5. The van der Waals surface area contributed by atoms with E-state index >= 15 is 0 Å². The number of nitrogens with zero attached hydrogens (tertiary/aromatic N) is 4. The Labute approximate surface area is 125 Å². The van der Waals surface area contributed by atoms with Crippen molar-refractivity contribution in [3.63, 3.8) is 0 Å². The Morgan fingerprint density at radius 1 is 1.27 bits per heavy atom. The smallest absolute Gasteiger partial charge is 0.342 e. The number of nitro groups is 2. The standard InChI is InChI=1S/C13H14N4O5/c1-10-14-8-13(17(20)21)15(10)5-6-22-9-11-3-2-4-12(7-11)16(18)19/h2-4,7-8H,5-6,9H2,1H3. The van der Waals surface area contributed by atoms with E-state index in [2.05, 4.69) is 4.98 Å². The second kappa shape index (κ2) is 6.76. The van der Waals surface area contributed by atoms with Crippen molar-refractivity contribution in [3.05, 3.63) is 62.1 Å². The zero-order valence-corrected chi connectivity index (χ0v) is 11.8. The van der Waals surface area contributed by atoms with E-state index in [1.54, 1.807) is 19.1 Å². The third-order valence-corrected chi connectivity index (χ3v) is 3.07. The summed E-state index contributed by atoms with van der Waals surface area (Å²) in [5.74, 6) is 0.446. The monoisotopic (exact) mass is 306 g/mol. The van der Waals surface area contributed by atoms with Crippen LogP contribution in [0.3, 0.4) is 0 Å². The minimum Gasteiger partial charge on any atom is -0.373 e. The number of ether oxygens (including phenoxy) is 1. The molecular weight excluding hydrogens is 292 g/mol. The second-order valence-corrected chi connectivity index (χ2v) is 4.55. The van der Waals surface area contributed by atoms with Gasteiger partial charge in [0.2, 0.25) is 0 Å². The Balaban J connectivity index is 1.90. The van der Waals surface area contributed by atoms with Gasteiger partial charge in [0.05, 0.1) is 18.1 Å². The third-order valence-electron chi connectivity index (χ3n) is 3.07. The predicted molar refractivity (Wildman–Crippen MR) is 76.4 cm³/mol. The lowest BCUT2D eigenvalue weighted by Crippen LogP contribution is -2.10. The summed E-state index contributed by atoms with van der Waals surface area (Å²) >= 11 is 0. The lowest BCUT2D eigenvalue weighted by molar-refractivity contribution is -0.392. The fourth-order valence-electron chi connectivity index (χ4n) is 1.98. The van der Waals surface area contributed by atoms with E-state index in [9.17, 15) is 20.2 Å². The first-order valence-electron chi connectivity index (χ1n) is 6.46. The average Bonchev–Trinajstić information content (AvgIpc) is 2.85. The van der Waals surface area contributed by atoms with E-state index in [-0.39, 0.29) is 31.3 Å². The molecule has 0 atom stereocenters. The maximum atomic E-state index is 10.8. The van der Waals surface area contributed by atoms with E-state index < -0.39 is 9.85 Å². The topological polar surface area (TPSA) is 113 Å². The van der Waals surface area contributed by atoms with Crippen LogP contribution in [0.2, 0.25) is 0 Å². The number of hydrogen-bond donors (Lipinski definition) is 0. The van der Waals surface area contributed by atoms with Gasteiger partial charge in [0.15, 0.2) is 5.82 Å². The highest BCUT2D eigenvalue weighted by atomic mass is 16.6. The van der Waals surface area contributed by atoms with E-state index in [0.29, 0.717) is 11.4 Å². The van der Waals surface area contributed by atoms with Crippen molar-refractivity contribution in [3.8, 4) is 0 Å². The molecule has 0 saturated carbocycles. The Kier molecular flexibility index (Phi) is 4.79. The molecule has 2 rings (SSSR count). The number of imidazole rings is 1. The van der Waals surface area contributed by atoms with Gasteiger partial charge < -0.3 is 14.9 Å². The molecule has 0 aliphatic carbocycles. The normalized spacial score (nSPS) is 10.6. The number of rotatable bonds is 7. The van der Waals surface area contributed by atoms with Crippen LogP contribution < -0.4 is 0 Å². The molecule has 1 aromatic carbocycles. The summed E-state index contributed by atoms with van der Waals surface area (Å²) in [4.78, 5) is 24.4. The van der Waals surface area contributed by atoms with Gasteiger partial charge in [-0.3, -0.25) is 10.1 Å². The van der Waals surface area contributed by atoms with Crippen LogP contribution in [-0.4, -0.2) is 26.0 Å². The quantitative estimate of drug-likeness (QED) is 0.440. The Morgan fingerprint density at radius 2 is 2.05 bits per heavy atom. The van der Waals surface area contributed by atoms with Crippen molar-refractivity contribution in [2.45, 2.75) is 20.1 Å². The van der Waals surface area contributed by atoms with Gasteiger partial charge in [-0.05, 0) is 10.5 Å². The Bertz CT molecular complexity index is 697. The van der Waals surface area contributed by atoms with Crippen molar-refractivity contribution >= 4 is 11.5 Å². The van der Waals surface area contributed by atoms with Gasteiger partial charge in [-0.2, -0.15) is 0 Å². The van der Waals surface area contributed by atoms with E-state index in [4.69, 9.17) is 4.74 Å². The molecule has 1 aromatic heterocycles. The molecule has 0 fully saturated rings. The zero-order valence-electron chi connectivity index (χ0n) is 11.8. The van der Waals surface area contributed by atoms with E-state index in [0.717, 1.165) is 0 Å². The van der Waals surface area contributed by atoms with E-state index in [1.807, 2.05) is 0 Å². The van der Waals surface area contributed by atoms with Crippen LogP contribution in [0.25, 0.3) is 0 Å². The number of non-ortho nitro benzene ring substituents is 1. The van der Waals surface area contributed by atoms with Gasteiger partial charge in [0, 0.05) is 19.1 Å². The van der Waals surface area contributed by atoms with Crippen LogP contribution in [-0.2, 0) is 17.9 Å². The first kappa shape index (κ1) is 15.6. The summed E-state index contributed by atoms with van der Waals surface area (Å²) in [6.07, 6.45) is 1.20. The molecule has 0 N–H and O–H groups in total. The molecule has 0 unspecified atom stereocenters. The zero-order chi connectivity index (χ0) is 16.1. The molecule has 116 valence electrons. The maximum Gasteiger partial charge on any atom is 0.342 e. The fraction of sp³-hybridized carbons (Fsp3) is 0.308. The molecule has 0 spiro atoms. The summed E-state index contributed by atoms with van der Waals surface area (Å²) < 4.78 is 6.88. The Morgan fingerprint density at radius 3 is 2.73 bits per heavy atom. The van der Waals surface area contributed by atoms with Gasteiger partial charge in [0.25, 0.3) is 5.69 Å². The fourth-order valence-corrected chi connectivity index (χ4v) is 1.98. The molecule has 9 nitrogen and oxygen atoms in total. The van der Waals surface area contributed by atoms with Crippen molar-refractivity contribution in [2.75, 3.05) is 6.61 Å². The van der Waals surface area contributed by atoms with Crippen molar-refractivity contribution in [1.82, 2.24) is 9.55 Å². The van der Waals surface area contributed by atoms with Crippen LogP contribution in [0.5, 0.6) is 0 Å². The van der Waals surface area contributed by atoms with Gasteiger partial charge in [-0.1, -0.05) is 12.1 Å². The Hall–Kier alpha value is -2.81. The predicted octanol–water partition coefficient (Wildman–Crippen LogP) is 2.22. The third kappa shape index (κ3) is 3.64. The second-order valence-electron chi connectivity index (χ2n) is 4.55. The van der Waals surface area contributed by atoms with Gasteiger partial charge in [-0.15, -0.1) is 0 Å². The maximum absolute atomic E-state index is 10.8. The minimum absolute atomic E-state index is 0.00203. The molecule has 1 heterocycles. The number of aromatic nitrogens is 2. The number of aryl methyl sites for hydroxylation is 1. The molecule has 9 heteroatoms. The van der Waals surface area contributed by atoms with Gasteiger partial charge in [0.1, 0.15) is 12.7 Å². The summed E-state index contributed by atoms with van der Waals surface area (Å²) in [6, 6.07) is 6.15. The molecule has 0 aliphatic heterocycles. The lowest BCUT2D eigenvalue weighted by atomic mass is 10.2. The van der Waals surface area contributed by atoms with Crippen LogP contribution in [0.15, 0.2) is 30.5 Å². The largest absolute Gasteiger partial charge is 0.373 e. The van der Waals surface area contributed by atoms with Crippen LogP contribution in [0, 0.1) is 27.2 Å².